The maximum atomic E-state index is 13.2. The first-order valence-electron chi connectivity index (χ1n) is 10.0. The van der Waals surface area contributed by atoms with Crippen molar-refractivity contribution in [1.29, 1.82) is 0 Å². The third-order valence-corrected chi connectivity index (χ3v) is 5.72. The zero-order valence-electron chi connectivity index (χ0n) is 17.1. The minimum Gasteiger partial charge on any atom is -0.338 e. The Bertz CT molecular complexity index is 1030. The number of nitrogens with zero attached hydrogens (tertiary/aromatic N) is 3. The first kappa shape index (κ1) is 20.3. The van der Waals surface area contributed by atoms with E-state index in [4.69, 9.17) is 0 Å². The van der Waals surface area contributed by atoms with Crippen molar-refractivity contribution in [3.63, 3.8) is 0 Å². The molecular weight excluding hydrogens is 387 g/mol. The number of aromatic nitrogens is 1. The van der Waals surface area contributed by atoms with Gasteiger partial charge in [0.2, 0.25) is 5.91 Å². The Morgan fingerprint density at radius 1 is 1.10 bits per heavy atom. The van der Waals surface area contributed by atoms with E-state index in [0.717, 1.165) is 12.1 Å². The molecule has 2 amide bonds. The molecule has 2 bridgehead atoms. The SMILES string of the molecule is CN(C)CC(=O)Nc1ccc2n(c1=O)CC1CC2CN(C(=O)c2ccc(F)cc2)C1. The fourth-order valence-electron chi connectivity index (χ4n) is 4.46. The summed E-state index contributed by atoms with van der Waals surface area (Å²) in [6, 6.07) is 9.12. The minimum atomic E-state index is -0.371. The molecule has 2 aliphatic rings. The number of amides is 2. The Labute approximate surface area is 174 Å². The quantitative estimate of drug-likeness (QED) is 0.830. The van der Waals surface area contributed by atoms with E-state index in [1.54, 1.807) is 34.5 Å². The van der Waals surface area contributed by atoms with Crippen LogP contribution in [0.3, 0.4) is 0 Å². The Hall–Kier alpha value is -3.00. The largest absolute Gasteiger partial charge is 0.338 e. The van der Waals surface area contributed by atoms with Crippen LogP contribution in [0.5, 0.6) is 0 Å². The summed E-state index contributed by atoms with van der Waals surface area (Å²) in [5, 5.41) is 2.70. The van der Waals surface area contributed by atoms with E-state index < -0.39 is 0 Å². The molecule has 0 radical (unpaired) electrons. The van der Waals surface area contributed by atoms with E-state index in [9.17, 15) is 18.8 Å². The van der Waals surface area contributed by atoms with Crippen LogP contribution in [0.1, 0.15) is 28.4 Å². The highest BCUT2D eigenvalue weighted by Gasteiger charge is 2.37. The van der Waals surface area contributed by atoms with E-state index in [-0.39, 0.29) is 47.3 Å². The second-order valence-electron chi connectivity index (χ2n) is 8.39. The first-order valence-corrected chi connectivity index (χ1v) is 10.0. The number of nitrogens with one attached hydrogen (secondary N) is 1. The highest BCUT2D eigenvalue weighted by Crippen LogP contribution is 2.36. The van der Waals surface area contributed by atoms with Gasteiger partial charge in [-0.3, -0.25) is 14.4 Å². The fourth-order valence-corrected chi connectivity index (χ4v) is 4.46. The van der Waals surface area contributed by atoms with Gasteiger partial charge in [0.05, 0.1) is 6.54 Å². The second-order valence-corrected chi connectivity index (χ2v) is 8.39. The molecule has 2 atom stereocenters. The normalized spacial score (nSPS) is 20.1. The molecule has 4 rings (SSSR count). The lowest BCUT2D eigenvalue weighted by atomic mass is 9.83. The molecule has 1 saturated heterocycles. The number of carbonyl (C=O) groups is 2. The smallest absolute Gasteiger partial charge is 0.274 e. The fraction of sp³-hybridized carbons (Fsp3) is 0.409. The molecule has 2 aromatic rings. The number of rotatable bonds is 4. The summed E-state index contributed by atoms with van der Waals surface area (Å²) in [5.74, 6) is -0.506. The summed E-state index contributed by atoms with van der Waals surface area (Å²) in [4.78, 5) is 41.4. The highest BCUT2D eigenvalue weighted by molar-refractivity contribution is 5.94. The van der Waals surface area contributed by atoms with Gasteiger partial charge in [0, 0.05) is 36.8 Å². The molecule has 1 aromatic carbocycles. The van der Waals surface area contributed by atoms with Gasteiger partial charge in [-0.25, -0.2) is 4.39 Å². The molecule has 1 fully saturated rings. The van der Waals surface area contributed by atoms with Crippen molar-refractivity contribution < 1.29 is 14.0 Å². The van der Waals surface area contributed by atoms with Crippen molar-refractivity contribution >= 4 is 17.5 Å². The van der Waals surface area contributed by atoms with Crippen molar-refractivity contribution in [3.05, 3.63) is 63.8 Å². The Balaban J connectivity index is 1.54. The number of piperidine rings is 1. The van der Waals surface area contributed by atoms with E-state index in [1.165, 1.54) is 24.3 Å². The van der Waals surface area contributed by atoms with Crippen LogP contribution in [0.4, 0.5) is 10.1 Å². The van der Waals surface area contributed by atoms with Gasteiger partial charge in [-0.15, -0.1) is 0 Å². The maximum Gasteiger partial charge on any atom is 0.274 e. The van der Waals surface area contributed by atoms with Crippen molar-refractivity contribution in [1.82, 2.24) is 14.4 Å². The number of hydrogen-bond acceptors (Lipinski definition) is 4. The van der Waals surface area contributed by atoms with Gasteiger partial charge in [0.25, 0.3) is 11.5 Å². The summed E-state index contributed by atoms with van der Waals surface area (Å²) in [6.45, 7) is 1.77. The summed E-state index contributed by atoms with van der Waals surface area (Å²) in [6.07, 6.45) is 0.916. The molecule has 30 heavy (non-hydrogen) atoms. The number of likely N-dealkylation sites (N-methyl/N-ethyl adjacent to an activating group) is 1. The molecule has 0 aliphatic carbocycles. The third kappa shape index (κ3) is 4.00. The molecule has 2 unspecified atom stereocenters. The van der Waals surface area contributed by atoms with Crippen LogP contribution in [0.25, 0.3) is 0 Å². The zero-order chi connectivity index (χ0) is 21.4. The lowest BCUT2D eigenvalue weighted by molar-refractivity contribution is -0.116. The average molecular weight is 412 g/mol. The molecule has 1 aromatic heterocycles. The van der Waals surface area contributed by atoms with E-state index in [2.05, 4.69) is 5.32 Å². The van der Waals surface area contributed by atoms with E-state index in [0.29, 0.717) is 25.2 Å². The van der Waals surface area contributed by atoms with Crippen molar-refractivity contribution in [2.45, 2.75) is 18.9 Å². The average Bonchev–Trinajstić information content (AvgIpc) is 2.70. The van der Waals surface area contributed by atoms with Crippen molar-refractivity contribution in [3.8, 4) is 0 Å². The number of anilines is 1. The number of hydrogen-bond donors (Lipinski definition) is 1. The number of fused-ring (bicyclic) bond motifs is 4. The molecule has 8 heteroatoms. The summed E-state index contributed by atoms with van der Waals surface area (Å²) >= 11 is 0. The molecule has 1 N–H and O–H groups in total. The predicted octanol–water partition coefficient (Wildman–Crippen LogP) is 1.75. The van der Waals surface area contributed by atoms with Gasteiger partial charge in [0.15, 0.2) is 0 Å². The van der Waals surface area contributed by atoms with Gasteiger partial charge >= 0.3 is 0 Å². The lowest BCUT2D eigenvalue weighted by Gasteiger charge is -2.43. The van der Waals surface area contributed by atoms with Gasteiger partial charge in [-0.2, -0.15) is 0 Å². The summed E-state index contributed by atoms with van der Waals surface area (Å²) in [5.41, 5.74) is 1.43. The number of benzene rings is 1. The van der Waals surface area contributed by atoms with E-state index >= 15 is 0 Å². The molecule has 0 spiro atoms. The second kappa shape index (κ2) is 8.02. The summed E-state index contributed by atoms with van der Waals surface area (Å²) < 4.78 is 14.9. The summed E-state index contributed by atoms with van der Waals surface area (Å²) in [7, 11) is 3.58. The standard InChI is InChI=1S/C22H25FN4O3/c1-25(2)13-20(28)24-18-7-8-19-16-9-14(11-27(19)22(18)30)10-26(12-16)21(29)15-3-5-17(23)6-4-15/h3-8,14,16H,9-13H2,1-2H3,(H,24,28). The highest BCUT2D eigenvalue weighted by atomic mass is 19.1. The van der Waals surface area contributed by atoms with Crippen LogP contribution in [-0.2, 0) is 11.3 Å². The predicted molar refractivity (Wildman–Crippen MR) is 111 cm³/mol. The Kier molecular flexibility index (Phi) is 5.42. The third-order valence-electron chi connectivity index (χ3n) is 5.72. The van der Waals surface area contributed by atoms with Crippen molar-refractivity contribution in [2.24, 2.45) is 5.92 Å². The van der Waals surface area contributed by atoms with Crippen LogP contribution in [-0.4, -0.2) is 59.9 Å². The minimum absolute atomic E-state index is 0.0566. The zero-order valence-corrected chi connectivity index (χ0v) is 17.1. The molecule has 2 aliphatic heterocycles. The Morgan fingerprint density at radius 3 is 2.53 bits per heavy atom. The van der Waals surface area contributed by atoms with Crippen LogP contribution in [0.15, 0.2) is 41.2 Å². The van der Waals surface area contributed by atoms with Crippen LogP contribution in [0, 0.1) is 11.7 Å². The van der Waals surface area contributed by atoms with Gasteiger partial charge < -0.3 is 19.7 Å². The topological polar surface area (TPSA) is 74.7 Å². The molecule has 0 saturated carbocycles. The van der Waals surface area contributed by atoms with Gasteiger partial charge in [0.1, 0.15) is 11.5 Å². The van der Waals surface area contributed by atoms with Crippen LogP contribution in [0.2, 0.25) is 0 Å². The van der Waals surface area contributed by atoms with Crippen LogP contribution >= 0.6 is 0 Å². The molecular formula is C22H25FN4O3. The lowest BCUT2D eigenvalue weighted by Crippen LogP contribution is -2.49. The van der Waals surface area contributed by atoms with Crippen molar-refractivity contribution in [2.75, 3.05) is 39.0 Å². The van der Waals surface area contributed by atoms with Gasteiger partial charge in [-0.1, -0.05) is 0 Å². The van der Waals surface area contributed by atoms with Gasteiger partial charge in [-0.05, 0) is 62.8 Å². The number of carbonyl (C=O) groups excluding carboxylic acids is 2. The number of likely N-dealkylation sites (tertiary alicyclic amines) is 1. The number of pyridine rings is 1. The molecule has 7 nitrogen and oxygen atoms in total. The molecule has 3 heterocycles. The molecule has 158 valence electrons. The van der Waals surface area contributed by atoms with Crippen LogP contribution < -0.4 is 10.9 Å². The number of halogens is 1. The maximum absolute atomic E-state index is 13.2. The monoisotopic (exact) mass is 412 g/mol. The first-order chi connectivity index (χ1) is 14.3. The van der Waals surface area contributed by atoms with E-state index in [1.807, 2.05) is 6.07 Å². The Morgan fingerprint density at radius 2 is 1.83 bits per heavy atom.